The maximum Gasteiger partial charge on any atom is 0.336 e. The van der Waals surface area contributed by atoms with E-state index in [-0.39, 0.29) is 6.61 Å². The van der Waals surface area contributed by atoms with E-state index < -0.39 is 11.9 Å². The number of benzene rings is 1. The van der Waals surface area contributed by atoms with Gasteiger partial charge in [-0.25, -0.2) is 4.79 Å². The molecule has 1 amide bonds. The Hall–Kier alpha value is -3.87. The summed E-state index contributed by atoms with van der Waals surface area (Å²) >= 11 is 0. The van der Waals surface area contributed by atoms with Gasteiger partial charge in [0.05, 0.1) is 18.1 Å². The van der Waals surface area contributed by atoms with Gasteiger partial charge in [-0.3, -0.25) is 14.7 Å². The maximum absolute atomic E-state index is 13.2. The van der Waals surface area contributed by atoms with E-state index in [2.05, 4.69) is 22.2 Å². The average molecular weight is 463 g/mol. The molecule has 180 valence electrons. The van der Waals surface area contributed by atoms with E-state index in [1.165, 1.54) is 4.90 Å². The monoisotopic (exact) mass is 462 g/mol. The third kappa shape index (κ3) is 5.73. The molecule has 7 nitrogen and oxygen atoms in total. The predicted octanol–water partition coefficient (Wildman–Crippen LogP) is 4.16. The van der Waals surface area contributed by atoms with Crippen LogP contribution in [-0.4, -0.2) is 43.3 Å². The number of esters is 1. The van der Waals surface area contributed by atoms with Crippen LogP contribution in [0.1, 0.15) is 39.2 Å². The molecule has 0 aromatic heterocycles. The van der Waals surface area contributed by atoms with Gasteiger partial charge in [0.1, 0.15) is 11.7 Å². The number of allylic oxidation sites excluding steroid dienone is 5. The zero-order chi connectivity index (χ0) is 25.1. The zero-order valence-electron chi connectivity index (χ0n) is 20.6. The van der Waals surface area contributed by atoms with Gasteiger partial charge in [-0.05, 0) is 45.4 Å². The Bertz CT molecular complexity index is 1050. The van der Waals surface area contributed by atoms with Crippen LogP contribution < -0.4 is 10.6 Å². The fraction of sp³-hybridized carbons (Fsp3) is 0.296. The van der Waals surface area contributed by atoms with Crippen LogP contribution in [0.4, 0.5) is 0 Å². The minimum atomic E-state index is -0.521. The molecular weight excluding hydrogens is 428 g/mol. The topological polar surface area (TPSA) is 83.0 Å². The van der Waals surface area contributed by atoms with E-state index in [1.807, 2.05) is 63.3 Å². The quantitative estimate of drug-likeness (QED) is 0.179. The maximum atomic E-state index is 13.2. The van der Waals surface area contributed by atoms with Gasteiger partial charge >= 0.3 is 5.97 Å². The molecule has 1 aliphatic rings. The number of likely N-dealkylation sites (N-methyl/N-ethyl adjacent to an activating group) is 1. The van der Waals surface area contributed by atoms with Crippen molar-refractivity contribution in [3.05, 3.63) is 95.1 Å². The number of nitrogens with one attached hydrogen (secondary N) is 2. The number of ether oxygens (including phenoxy) is 1. The summed E-state index contributed by atoms with van der Waals surface area (Å²) in [7, 11) is 1.68. The first kappa shape index (κ1) is 26.4. The Balaban J connectivity index is 2.95. The number of amides is 1. The number of amidine groups is 1. The van der Waals surface area contributed by atoms with Gasteiger partial charge in [-0.15, -0.1) is 0 Å². The van der Waals surface area contributed by atoms with E-state index >= 15 is 0 Å². The molecular formula is C27H34N4O3. The highest BCUT2D eigenvalue weighted by Gasteiger charge is 2.39. The first-order chi connectivity index (χ1) is 16.5. The standard InChI is InChI=1S/C27H34N4O3/c1-7-14-21(15-8-2)31(18-32)26-24(25(28-6)29-9-3)23(20-16-12-11-13-17-20)22(19(5)30-26)27(33)34-10-4/h7-8,11-18,23,30H,1,9-10H2,2-6H3,(H,28,29)/b15-8-,21-14+. The van der Waals surface area contributed by atoms with E-state index in [9.17, 15) is 9.59 Å². The van der Waals surface area contributed by atoms with Crippen molar-refractivity contribution in [3.8, 4) is 0 Å². The van der Waals surface area contributed by atoms with Gasteiger partial charge < -0.3 is 15.4 Å². The number of hydrogen-bond acceptors (Lipinski definition) is 5. The second-order valence-corrected chi connectivity index (χ2v) is 7.40. The van der Waals surface area contributed by atoms with Crippen LogP contribution in [0, 0.1) is 0 Å². The van der Waals surface area contributed by atoms with Gasteiger partial charge in [0.2, 0.25) is 6.41 Å². The molecule has 1 aromatic carbocycles. The van der Waals surface area contributed by atoms with Crippen molar-refractivity contribution in [2.45, 2.75) is 33.6 Å². The third-order valence-corrected chi connectivity index (χ3v) is 5.24. The molecule has 2 rings (SSSR count). The van der Waals surface area contributed by atoms with Gasteiger partial charge in [-0.2, -0.15) is 0 Å². The summed E-state index contributed by atoms with van der Waals surface area (Å²) in [6.07, 6.45) is 7.76. The second-order valence-electron chi connectivity index (χ2n) is 7.40. The Morgan fingerprint density at radius 2 is 1.97 bits per heavy atom. The number of hydrogen-bond donors (Lipinski definition) is 2. The van der Waals surface area contributed by atoms with Crippen LogP contribution in [0.25, 0.3) is 0 Å². The molecule has 0 aliphatic carbocycles. The summed E-state index contributed by atoms with van der Waals surface area (Å²) in [5.41, 5.74) is 3.22. The minimum Gasteiger partial charge on any atom is -0.463 e. The van der Waals surface area contributed by atoms with E-state index in [1.54, 1.807) is 26.1 Å². The number of dihydropyridines is 1. The summed E-state index contributed by atoms with van der Waals surface area (Å²) in [5.74, 6) is 0.130. The molecule has 1 unspecified atom stereocenters. The molecule has 0 saturated heterocycles. The van der Waals surface area contributed by atoms with Crippen molar-refractivity contribution in [2.75, 3.05) is 20.2 Å². The first-order valence-electron chi connectivity index (χ1n) is 11.3. The summed E-state index contributed by atoms with van der Waals surface area (Å²) in [6, 6.07) is 9.67. The minimum absolute atomic E-state index is 0.249. The molecule has 34 heavy (non-hydrogen) atoms. The van der Waals surface area contributed by atoms with Crippen LogP contribution in [-0.2, 0) is 14.3 Å². The molecule has 1 heterocycles. The van der Waals surface area contributed by atoms with Crippen molar-refractivity contribution in [2.24, 2.45) is 4.99 Å². The Kier molecular flexibility index (Phi) is 10.1. The normalized spacial score (nSPS) is 16.9. The largest absolute Gasteiger partial charge is 0.463 e. The zero-order valence-corrected chi connectivity index (χ0v) is 20.6. The van der Waals surface area contributed by atoms with Crippen molar-refractivity contribution in [1.29, 1.82) is 0 Å². The molecule has 0 fully saturated rings. The molecule has 0 saturated carbocycles. The van der Waals surface area contributed by atoms with Crippen LogP contribution in [0.15, 0.2) is 94.6 Å². The lowest BCUT2D eigenvalue weighted by Gasteiger charge is -2.36. The molecule has 0 radical (unpaired) electrons. The number of carbonyl (C=O) groups excluding carboxylic acids is 2. The van der Waals surface area contributed by atoms with Gasteiger partial charge in [-0.1, -0.05) is 49.1 Å². The lowest BCUT2D eigenvalue weighted by atomic mass is 9.80. The number of nitrogens with zero attached hydrogens (tertiary/aromatic N) is 2. The fourth-order valence-corrected chi connectivity index (χ4v) is 3.92. The van der Waals surface area contributed by atoms with Crippen molar-refractivity contribution >= 4 is 18.2 Å². The highest BCUT2D eigenvalue weighted by Crippen LogP contribution is 2.40. The fourth-order valence-electron chi connectivity index (χ4n) is 3.92. The summed E-state index contributed by atoms with van der Waals surface area (Å²) < 4.78 is 5.43. The van der Waals surface area contributed by atoms with Crippen LogP contribution in [0.3, 0.4) is 0 Å². The van der Waals surface area contributed by atoms with E-state index in [4.69, 9.17) is 4.74 Å². The molecule has 1 atom stereocenters. The van der Waals surface area contributed by atoms with Crippen molar-refractivity contribution in [3.63, 3.8) is 0 Å². The smallest absolute Gasteiger partial charge is 0.336 e. The molecule has 7 heteroatoms. The highest BCUT2D eigenvalue weighted by atomic mass is 16.5. The number of aliphatic imine (C=N–C) groups is 1. The SMILES string of the molecule is C=C/C=C(\C=C/C)N(C=O)C1=C(C(=NC)NCC)C(c2ccccc2)C(C(=O)OCC)=C(C)N1. The lowest BCUT2D eigenvalue weighted by Crippen LogP contribution is -2.42. The lowest BCUT2D eigenvalue weighted by molar-refractivity contribution is -0.138. The first-order valence-corrected chi connectivity index (χ1v) is 11.3. The molecule has 1 aromatic rings. The van der Waals surface area contributed by atoms with Crippen molar-refractivity contribution in [1.82, 2.24) is 15.5 Å². The Labute approximate surface area is 202 Å². The average Bonchev–Trinajstić information content (AvgIpc) is 2.84. The summed E-state index contributed by atoms with van der Waals surface area (Å²) in [5, 5.41) is 6.60. The van der Waals surface area contributed by atoms with E-state index in [0.29, 0.717) is 40.7 Å². The molecule has 0 spiro atoms. The number of rotatable bonds is 10. The Morgan fingerprint density at radius 3 is 2.50 bits per heavy atom. The van der Waals surface area contributed by atoms with Gasteiger partial charge in [0, 0.05) is 30.6 Å². The van der Waals surface area contributed by atoms with Gasteiger partial charge in [0.25, 0.3) is 0 Å². The van der Waals surface area contributed by atoms with Crippen LogP contribution in [0.2, 0.25) is 0 Å². The predicted molar refractivity (Wildman–Crippen MR) is 137 cm³/mol. The molecule has 0 bridgehead atoms. The molecule has 1 aliphatic heterocycles. The highest BCUT2D eigenvalue weighted by molar-refractivity contribution is 6.05. The number of carbonyl (C=O) groups is 2. The summed E-state index contributed by atoms with van der Waals surface area (Å²) in [4.78, 5) is 31.6. The van der Waals surface area contributed by atoms with E-state index in [0.717, 1.165) is 12.0 Å². The molecule has 2 N–H and O–H groups in total. The van der Waals surface area contributed by atoms with Crippen LogP contribution in [0.5, 0.6) is 0 Å². The Morgan fingerprint density at radius 1 is 1.26 bits per heavy atom. The summed E-state index contributed by atoms with van der Waals surface area (Å²) in [6.45, 7) is 12.1. The van der Waals surface area contributed by atoms with Gasteiger partial charge in [0.15, 0.2) is 0 Å². The third-order valence-electron chi connectivity index (χ3n) is 5.24. The van der Waals surface area contributed by atoms with Crippen molar-refractivity contribution < 1.29 is 14.3 Å². The second kappa shape index (κ2) is 13.0. The van der Waals surface area contributed by atoms with Crippen LogP contribution >= 0.6 is 0 Å².